The Morgan fingerprint density at radius 2 is 2.40 bits per heavy atom. The fraction of sp³-hybridized carbons (Fsp3) is 0.600. The van der Waals surface area contributed by atoms with Crippen molar-refractivity contribution in [3.63, 3.8) is 0 Å². The molecule has 0 heteroatoms. The van der Waals surface area contributed by atoms with Crippen LogP contribution in [0.3, 0.4) is 0 Å². The molecule has 0 N–H and O–H groups in total. The van der Waals surface area contributed by atoms with Gasteiger partial charge in [0.2, 0.25) is 0 Å². The number of hydrogen-bond donors (Lipinski definition) is 0. The van der Waals surface area contributed by atoms with Crippen LogP contribution in [0.2, 0.25) is 0 Å². The second-order valence-corrected chi connectivity index (χ2v) is 2.88. The molecule has 1 aliphatic rings. The first-order valence-corrected chi connectivity index (χ1v) is 4.25. The Morgan fingerprint density at radius 3 is 3.00 bits per heavy atom. The summed E-state index contributed by atoms with van der Waals surface area (Å²) in [5.74, 6) is 0.850. The van der Waals surface area contributed by atoms with Gasteiger partial charge in [-0.25, -0.2) is 0 Å². The van der Waals surface area contributed by atoms with Crippen molar-refractivity contribution >= 4 is 0 Å². The lowest BCUT2D eigenvalue weighted by atomic mass is 10.1. The van der Waals surface area contributed by atoms with E-state index in [1.165, 1.54) is 25.7 Å². The molecule has 1 aliphatic carbocycles. The van der Waals surface area contributed by atoms with Crippen molar-refractivity contribution < 1.29 is 0 Å². The van der Waals surface area contributed by atoms with E-state index < -0.39 is 0 Å². The lowest BCUT2D eigenvalue weighted by Gasteiger charge is -2.00. The number of rotatable bonds is 3. The van der Waals surface area contributed by atoms with Crippen LogP contribution in [-0.4, -0.2) is 0 Å². The summed E-state index contributed by atoms with van der Waals surface area (Å²) in [4.78, 5) is 0. The molecule has 0 bridgehead atoms. The van der Waals surface area contributed by atoms with E-state index in [9.17, 15) is 0 Å². The second-order valence-electron chi connectivity index (χ2n) is 2.88. The molecule has 0 radical (unpaired) electrons. The zero-order chi connectivity index (χ0) is 7.23. The lowest BCUT2D eigenvalue weighted by molar-refractivity contribution is 0.643. The first kappa shape index (κ1) is 7.59. The van der Waals surface area contributed by atoms with E-state index in [4.69, 9.17) is 0 Å². The highest BCUT2D eigenvalue weighted by Gasteiger charge is 2.05. The van der Waals surface area contributed by atoms with Crippen LogP contribution in [-0.2, 0) is 0 Å². The molecule has 0 heterocycles. The predicted molar refractivity (Wildman–Crippen MR) is 45.9 cm³/mol. The highest BCUT2D eigenvalue weighted by molar-refractivity contribution is 4.99. The molecule has 0 spiro atoms. The Labute approximate surface area is 63.6 Å². The molecule has 0 aromatic rings. The molecule has 0 aliphatic heterocycles. The maximum absolute atomic E-state index is 2.35. The molecule has 1 rings (SSSR count). The van der Waals surface area contributed by atoms with Gasteiger partial charge in [-0.3, -0.25) is 0 Å². The molecule has 1 unspecified atom stereocenters. The maximum atomic E-state index is 2.35. The molecular formula is C10H16. The van der Waals surface area contributed by atoms with Gasteiger partial charge in [-0.2, -0.15) is 0 Å². The molecule has 0 nitrogen and oxygen atoms in total. The van der Waals surface area contributed by atoms with E-state index in [1.54, 1.807) is 0 Å². The average Bonchev–Trinajstić information content (AvgIpc) is 2.41. The minimum atomic E-state index is 0.850. The van der Waals surface area contributed by atoms with Gasteiger partial charge in [-0.05, 0) is 31.6 Å². The topological polar surface area (TPSA) is 0 Å². The number of allylic oxidation sites excluding steroid dienone is 4. The van der Waals surface area contributed by atoms with Gasteiger partial charge in [0.15, 0.2) is 0 Å². The summed E-state index contributed by atoms with van der Waals surface area (Å²) in [7, 11) is 0. The average molecular weight is 136 g/mol. The summed E-state index contributed by atoms with van der Waals surface area (Å²) in [6.07, 6.45) is 14.3. The van der Waals surface area contributed by atoms with Crippen molar-refractivity contribution in [2.45, 2.75) is 32.6 Å². The van der Waals surface area contributed by atoms with Crippen LogP contribution in [0.5, 0.6) is 0 Å². The van der Waals surface area contributed by atoms with Crippen molar-refractivity contribution in [2.75, 3.05) is 0 Å². The summed E-state index contributed by atoms with van der Waals surface area (Å²) in [6.45, 7) is 2.18. The van der Waals surface area contributed by atoms with Crippen LogP contribution >= 0.6 is 0 Å². The molecule has 0 saturated heterocycles. The largest absolute Gasteiger partial charge is 0.0888 e. The SMILES string of the molecule is CCC=CCC1C=CCC1. The maximum Gasteiger partial charge on any atom is -0.0196 e. The molecule has 10 heavy (non-hydrogen) atoms. The van der Waals surface area contributed by atoms with Gasteiger partial charge in [0.25, 0.3) is 0 Å². The Bertz CT molecular complexity index is 131. The third-order valence-electron chi connectivity index (χ3n) is 1.95. The minimum absolute atomic E-state index is 0.850. The zero-order valence-corrected chi connectivity index (χ0v) is 6.72. The van der Waals surface area contributed by atoms with E-state index in [1.807, 2.05) is 0 Å². The van der Waals surface area contributed by atoms with Gasteiger partial charge in [-0.15, -0.1) is 0 Å². The van der Waals surface area contributed by atoms with Crippen LogP contribution in [0.25, 0.3) is 0 Å². The van der Waals surface area contributed by atoms with E-state index in [0.717, 1.165) is 5.92 Å². The smallest absolute Gasteiger partial charge is 0.0196 e. The van der Waals surface area contributed by atoms with Crippen LogP contribution in [0.1, 0.15) is 32.6 Å². The first-order chi connectivity index (χ1) is 4.93. The van der Waals surface area contributed by atoms with Crippen LogP contribution in [0.4, 0.5) is 0 Å². The molecule has 56 valence electrons. The highest BCUT2D eigenvalue weighted by Crippen LogP contribution is 2.20. The van der Waals surface area contributed by atoms with Crippen molar-refractivity contribution in [2.24, 2.45) is 5.92 Å². The molecule has 0 saturated carbocycles. The van der Waals surface area contributed by atoms with E-state index in [-0.39, 0.29) is 0 Å². The standard InChI is InChI=1S/C10H16/c1-2-3-4-7-10-8-5-6-9-10/h3-5,8,10H,2,6-7,9H2,1H3. The molecule has 1 atom stereocenters. The first-order valence-electron chi connectivity index (χ1n) is 4.25. The van der Waals surface area contributed by atoms with Crippen molar-refractivity contribution in [3.8, 4) is 0 Å². The second kappa shape index (κ2) is 4.32. The van der Waals surface area contributed by atoms with Gasteiger partial charge in [0, 0.05) is 0 Å². The summed E-state index contributed by atoms with van der Waals surface area (Å²) >= 11 is 0. The Kier molecular flexibility index (Phi) is 3.28. The van der Waals surface area contributed by atoms with Crippen molar-refractivity contribution in [1.29, 1.82) is 0 Å². The predicted octanol–water partition coefficient (Wildman–Crippen LogP) is 3.31. The van der Waals surface area contributed by atoms with E-state index in [0.29, 0.717) is 0 Å². The third-order valence-corrected chi connectivity index (χ3v) is 1.95. The quantitative estimate of drug-likeness (QED) is 0.522. The van der Waals surface area contributed by atoms with Gasteiger partial charge in [0.05, 0.1) is 0 Å². The van der Waals surface area contributed by atoms with Crippen LogP contribution in [0.15, 0.2) is 24.3 Å². The van der Waals surface area contributed by atoms with Gasteiger partial charge in [-0.1, -0.05) is 31.2 Å². The monoisotopic (exact) mass is 136 g/mol. The summed E-state index contributed by atoms with van der Waals surface area (Å²) in [5.41, 5.74) is 0. The fourth-order valence-electron chi connectivity index (χ4n) is 1.33. The van der Waals surface area contributed by atoms with Crippen molar-refractivity contribution in [1.82, 2.24) is 0 Å². The lowest BCUT2D eigenvalue weighted by Crippen LogP contribution is -1.87. The molecular weight excluding hydrogens is 120 g/mol. The van der Waals surface area contributed by atoms with E-state index in [2.05, 4.69) is 31.2 Å². The van der Waals surface area contributed by atoms with Gasteiger partial charge >= 0.3 is 0 Å². The molecule has 0 fully saturated rings. The normalized spacial score (nSPS) is 24.7. The molecule has 0 aromatic heterocycles. The number of hydrogen-bond acceptors (Lipinski definition) is 0. The van der Waals surface area contributed by atoms with Gasteiger partial charge in [0.1, 0.15) is 0 Å². The molecule has 0 aromatic carbocycles. The Hall–Kier alpha value is -0.520. The highest BCUT2D eigenvalue weighted by atomic mass is 14.1. The summed E-state index contributed by atoms with van der Waals surface area (Å²) in [5, 5.41) is 0. The van der Waals surface area contributed by atoms with Crippen molar-refractivity contribution in [3.05, 3.63) is 24.3 Å². The van der Waals surface area contributed by atoms with Crippen LogP contribution in [0, 0.1) is 5.92 Å². The minimum Gasteiger partial charge on any atom is -0.0888 e. The fourth-order valence-corrected chi connectivity index (χ4v) is 1.33. The molecule has 0 amide bonds. The summed E-state index contributed by atoms with van der Waals surface area (Å²) in [6, 6.07) is 0. The van der Waals surface area contributed by atoms with Crippen LogP contribution < -0.4 is 0 Å². The van der Waals surface area contributed by atoms with E-state index >= 15 is 0 Å². The Balaban J connectivity index is 2.13. The summed E-state index contributed by atoms with van der Waals surface area (Å²) < 4.78 is 0. The third kappa shape index (κ3) is 2.38. The Morgan fingerprint density at radius 1 is 1.50 bits per heavy atom. The zero-order valence-electron chi connectivity index (χ0n) is 6.72. The van der Waals surface area contributed by atoms with Gasteiger partial charge < -0.3 is 0 Å².